The Morgan fingerprint density at radius 1 is 0.750 bits per heavy atom. The second kappa shape index (κ2) is 12.2. The fraction of sp³-hybridized carbons (Fsp3) is 0.875. The zero-order valence-corrected chi connectivity index (χ0v) is 23.7. The van der Waals surface area contributed by atoms with Crippen LogP contribution in [0.5, 0.6) is 0 Å². The number of hydrogen-bond acceptors (Lipinski definition) is 9. The number of hydrogen-bond donors (Lipinski definition) is 4. The van der Waals surface area contributed by atoms with Gasteiger partial charge in [0, 0.05) is 39.3 Å². The van der Waals surface area contributed by atoms with E-state index in [1.165, 1.54) is 0 Å². The van der Waals surface area contributed by atoms with E-state index in [1.54, 1.807) is 62.3 Å². The number of carbonyl (C=O) groups is 3. The molecule has 1 saturated heterocycles. The number of rotatable bonds is 6. The van der Waals surface area contributed by atoms with Gasteiger partial charge < -0.3 is 5.32 Å². The molecule has 36 heavy (non-hydrogen) atoms. The van der Waals surface area contributed by atoms with Crippen molar-refractivity contribution >= 4 is 17.7 Å². The molecule has 0 aliphatic carbocycles. The molecule has 12 nitrogen and oxygen atoms in total. The summed E-state index contributed by atoms with van der Waals surface area (Å²) in [7, 11) is 0. The lowest BCUT2D eigenvalue weighted by Crippen LogP contribution is -2.67. The molecule has 1 rings (SSSR count). The lowest BCUT2D eigenvalue weighted by atomic mass is 10.0. The normalized spacial score (nSPS) is 19.0. The molecule has 0 bridgehead atoms. The molecule has 12 heteroatoms. The van der Waals surface area contributed by atoms with Crippen LogP contribution in [-0.4, -0.2) is 133 Å². The summed E-state index contributed by atoms with van der Waals surface area (Å²) in [6.07, 6.45) is 0. The third-order valence-corrected chi connectivity index (χ3v) is 6.29. The summed E-state index contributed by atoms with van der Waals surface area (Å²) in [5.41, 5.74) is -2.61. The summed E-state index contributed by atoms with van der Waals surface area (Å²) in [4.78, 5) is 42.5. The molecule has 1 unspecified atom stereocenters. The van der Waals surface area contributed by atoms with Crippen LogP contribution in [0.3, 0.4) is 0 Å². The first-order chi connectivity index (χ1) is 16.2. The molecule has 0 aromatic heterocycles. The maximum absolute atomic E-state index is 13.4. The topological polar surface area (TPSA) is 137 Å². The third-order valence-electron chi connectivity index (χ3n) is 6.29. The van der Waals surface area contributed by atoms with E-state index in [9.17, 15) is 30.0 Å². The van der Waals surface area contributed by atoms with E-state index in [0.29, 0.717) is 44.3 Å². The quantitative estimate of drug-likeness (QED) is 0.229. The third kappa shape index (κ3) is 9.02. The molecule has 1 heterocycles. The maximum atomic E-state index is 13.4. The van der Waals surface area contributed by atoms with E-state index in [4.69, 9.17) is 0 Å². The molecule has 210 valence electrons. The molecule has 3 amide bonds. The van der Waals surface area contributed by atoms with E-state index in [2.05, 4.69) is 5.32 Å². The Labute approximate surface area is 215 Å². The predicted octanol–water partition coefficient (Wildman–Crippen LogP) is 0.757. The van der Waals surface area contributed by atoms with Crippen molar-refractivity contribution in [1.82, 2.24) is 25.2 Å². The molecule has 0 aromatic rings. The van der Waals surface area contributed by atoms with Gasteiger partial charge in [-0.1, -0.05) is 0 Å². The number of carbonyl (C=O) groups excluding carboxylic acids is 3. The van der Waals surface area contributed by atoms with Crippen molar-refractivity contribution < 1.29 is 34.7 Å². The van der Waals surface area contributed by atoms with Gasteiger partial charge in [0.05, 0.1) is 17.6 Å². The summed E-state index contributed by atoms with van der Waals surface area (Å²) in [5, 5.41) is 36.4. The van der Waals surface area contributed by atoms with Gasteiger partial charge in [0.1, 0.15) is 12.1 Å². The molecule has 0 spiro atoms. The van der Waals surface area contributed by atoms with Crippen LogP contribution in [0.1, 0.15) is 62.3 Å². The Morgan fingerprint density at radius 2 is 1.17 bits per heavy atom. The molecular formula is C24H49N6O6+. The lowest BCUT2D eigenvalue weighted by Gasteiger charge is -2.40. The number of hydroxylamine groups is 7. The van der Waals surface area contributed by atoms with Crippen molar-refractivity contribution in [2.24, 2.45) is 0 Å². The van der Waals surface area contributed by atoms with Crippen LogP contribution in [0.4, 0.5) is 0 Å². The van der Waals surface area contributed by atoms with Crippen LogP contribution < -0.4 is 5.32 Å². The van der Waals surface area contributed by atoms with Gasteiger partial charge in [-0.2, -0.15) is 0 Å². The molecule has 1 atom stereocenters. The van der Waals surface area contributed by atoms with E-state index in [1.807, 2.05) is 9.80 Å². The fourth-order valence-electron chi connectivity index (χ4n) is 3.70. The van der Waals surface area contributed by atoms with Crippen LogP contribution in [0.25, 0.3) is 0 Å². The molecule has 1 aliphatic rings. The second-order valence-electron chi connectivity index (χ2n) is 12.5. The summed E-state index contributed by atoms with van der Waals surface area (Å²) in [6, 6.07) is 0. The Hall–Kier alpha value is -1.67. The minimum absolute atomic E-state index is 0.0346. The highest BCUT2D eigenvalue weighted by molar-refractivity contribution is 5.80. The lowest BCUT2D eigenvalue weighted by molar-refractivity contribution is -1.07. The number of nitrogens with one attached hydrogen (secondary N) is 1. The average Bonchev–Trinajstić information content (AvgIpc) is 2.82. The predicted molar refractivity (Wildman–Crippen MR) is 134 cm³/mol. The zero-order chi connectivity index (χ0) is 28.1. The molecule has 0 aromatic carbocycles. The van der Waals surface area contributed by atoms with Crippen molar-refractivity contribution in [3.05, 3.63) is 0 Å². The fourth-order valence-corrected chi connectivity index (χ4v) is 3.70. The minimum Gasteiger partial charge on any atom is -0.314 e. The minimum atomic E-state index is -1.16. The summed E-state index contributed by atoms with van der Waals surface area (Å²) in [5.74, 6) is -1.72. The van der Waals surface area contributed by atoms with Crippen molar-refractivity contribution in [3.63, 3.8) is 0 Å². The highest BCUT2D eigenvalue weighted by Gasteiger charge is 2.50. The first-order valence-corrected chi connectivity index (χ1v) is 12.5. The SMILES string of the molecule is CC(C)(C)N(O)C(=O)CN1CCNCCN(CC(=O)[N+](O)(CC(=O)N(O)C(C)(C)C)C(C)(C)C)CC1. The molecule has 0 saturated carbocycles. The molecule has 1 fully saturated rings. The number of quaternary nitrogens is 1. The van der Waals surface area contributed by atoms with E-state index < -0.39 is 45.5 Å². The first kappa shape index (κ1) is 32.4. The Kier molecular flexibility index (Phi) is 11.0. The maximum Gasteiger partial charge on any atom is 0.360 e. The van der Waals surface area contributed by atoms with Gasteiger partial charge >= 0.3 is 11.8 Å². The molecule has 1 aliphatic heterocycles. The van der Waals surface area contributed by atoms with Crippen LogP contribution in [-0.2, 0) is 14.4 Å². The highest BCUT2D eigenvalue weighted by atomic mass is 16.6. The van der Waals surface area contributed by atoms with Gasteiger partial charge in [-0.3, -0.25) is 29.8 Å². The molecule has 0 radical (unpaired) electrons. The number of nitrogens with zero attached hydrogens (tertiary/aromatic N) is 5. The smallest absolute Gasteiger partial charge is 0.314 e. The largest absolute Gasteiger partial charge is 0.360 e. The summed E-state index contributed by atoms with van der Waals surface area (Å²) >= 11 is 0. The van der Waals surface area contributed by atoms with Gasteiger partial charge in [0.2, 0.25) is 0 Å². The standard InChI is InChI=1S/C24H49N6O6/c1-22(2,3)28(34)19(31)16-26-12-10-25-11-13-27(15-14-26)17-21(33)30(36,24(7,8)9)18-20(32)29(35)23(4,5)6/h25,34-36H,10-18H2,1-9H3/q+1. The highest BCUT2D eigenvalue weighted by Crippen LogP contribution is 2.24. The van der Waals surface area contributed by atoms with E-state index >= 15 is 0 Å². The average molecular weight is 518 g/mol. The summed E-state index contributed by atoms with van der Waals surface area (Å²) in [6.45, 7) is 17.8. The molecule has 4 N–H and O–H groups in total. The Morgan fingerprint density at radius 3 is 1.58 bits per heavy atom. The Bertz CT molecular complexity index is 773. The zero-order valence-electron chi connectivity index (χ0n) is 23.7. The van der Waals surface area contributed by atoms with Crippen LogP contribution in [0.15, 0.2) is 0 Å². The van der Waals surface area contributed by atoms with Gasteiger partial charge in [-0.25, -0.2) is 20.1 Å². The monoisotopic (exact) mass is 517 g/mol. The van der Waals surface area contributed by atoms with Crippen molar-refractivity contribution in [2.75, 3.05) is 58.9 Å². The summed E-state index contributed by atoms with van der Waals surface area (Å²) < 4.78 is -1.16. The van der Waals surface area contributed by atoms with Crippen molar-refractivity contribution in [3.8, 4) is 0 Å². The van der Waals surface area contributed by atoms with Crippen molar-refractivity contribution in [1.29, 1.82) is 0 Å². The number of amides is 3. The van der Waals surface area contributed by atoms with Crippen LogP contribution >= 0.6 is 0 Å². The Balaban J connectivity index is 2.97. The van der Waals surface area contributed by atoms with Gasteiger partial charge in [0.25, 0.3) is 5.91 Å². The van der Waals surface area contributed by atoms with Gasteiger partial charge in [-0.05, 0) is 62.3 Å². The first-order valence-electron chi connectivity index (χ1n) is 12.5. The van der Waals surface area contributed by atoms with Crippen LogP contribution in [0, 0.1) is 0 Å². The van der Waals surface area contributed by atoms with Gasteiger partial charge in [-0.15, -0.1) is 4.65 Å². The van der Waals surface area contributed by atoms with Crippen molar-refractivity contribution in [2.45, 2.75) is 78.9 Å². The van der Waals surface area contributed by atoms with E-state index in [0.717, 1.165) is 5.06 Å². The van der Waals surface area contributed by atoms with Crippen LogP contribution in [0.2, 0.25) is 0 Å². The van der Waals surface area contributed by atoms with E-state index in [-0.39, 0.29) is 13.1 Å². The molecular weight excluding hydrogens is 468 g/mol. The van der Waals surface area contributed by atoms with Gasteiger partial charge in [0.15, 0.2) is 6.54 Å². The second-order valence-corrected chi connectivity index (χ2v) is 12.5.